The Morgan fingerprint density at radius 2 is 1.97 bits per heavy atom. The molecule has 0 radical (unpaired) electrons. The molecule has 0 amide bonds. The van der Waals surface area contributed by atoms with Crippen LogP contribution in [0.15, 0.2) is 48.7 Å². The molecule has 1 aromatic carbocycles. The normalized spacial score (nSPS) is 33.2. The van der Waals surface area contributed by atoms with Crippen molar-refractivity contribution in [3.05, 3.63) is 60.2 Å². The maximum Gasteiger partial charge on any atom is 0.309 e. The zero-order valence-electron chi connectivity index (χ0n) is 17.3. The number of pyridine rings is 1. The number of benzene rings is 1. The van der Waals surface area contributed by atoms with Crippen molar-refractivity contribution in [3.8, 4) is 11.1 Å². The standard InChI is InChI=1S/C26H28FNO2/c1-16-25-22(20-7-3-2-6-17(20)14-23(25)26(29)30-16)13-12-19-11-10-18(15-28-19)21-8-4-5-9-24(21)27/h4-5,8-13,15-17,20,22-23,25H,2-3,6-7,14H2,1H3/b13-12+. The summed E-state index contributed by atoms with van der Waals surface area (Å²) in [7, 11) is 0. The van der Waals surface area contributed by atoms with Gasteiger partial charge in [0.15, 0.2) is 0 Å². The number of allylic oxidation sites excluding steroid dienone is 1. The van der Waals surface area contributed by atoms with Crippen LogP contribution >= 0.6 is 0 Å². The van der Waals surface area contributed by atoms with Gasteiger partial charge in [-0.05, 0) is 55.7 Å². The Balaban J connectivity index is 1.40. The SMILES string of the molecule is CC1OC(=O)C2CC3CCCCC3C(/C=C/c3ccc(-c4ccccc4F)cn3)C12. The van der Waals surface area contributed by atoms with Gasteiger partial charge in [-0.25, -0.2) is 4.39 Å². The molecule has 3 aliphatic rings. The molecule has 0 spiro atoms. The van der Waals surface area contributed by atoms with Crippen molar-refractivity contribution in [2.45, 2.75) is 45.1 Å². The van der Waals surface area contributed by atoms with Gasteiger partial charge in [-0.15, -0.1) is 0 Å². The number of carbonyl (C=O) groups is 1. The van der Waals surface area contributed by atoms with Crippen LogP contribution in [0, 0.1) is 35.4 Å². The predicted molar refractivity (Wildman–Crippen MR) is 115 cm³/mol. The lowest BCUT2D eigenvalue weighted by molar-refractivity contribution is -0.144. The molecule has 30 heavy (non-hydrogen) atoms. The first kappa shape index (κ1) is 19.5. The van der Waals surface area contributed by atoms with Gasteiger partial charge in [0, 0.05) is 23.2 Å². The highest BCUT2D eigenvalue weighted by Gasteiger charge is 2.53. The molecule has 3 nitrogen and oxygen atoms in total. The Kier molecular flexibility index (Phi) is 5.18. The first-order chi connectivity index (χ1) is 14.6. The van der Waals surface area contributed by atoms with Crippen molar-refractivity contribution in [2.75, 3.05) is 0 Å². The Morgan fingerprint density at radius 1 is 1.13 bits per heavy atom. The average molecular weight is 406 g/mol. The van der Waals surface area contributed by atoms with E-state index in [4.69, 9.17) is 4.74 Å². The van der Waals surface area contributed by atoms with Crippen molar-refractivity contribution in [1.82, 2.24) is 4.98 Å². The summed E-state index contributed by atoms with van der Waals surface area (Å²) in [5.41, 5.74) is 2.21. The molecule has 5 rings (SSSR count). The fraction of sp³-hybridized carbons (Fsp3) is 0.462. The summed E-state index contributed by atoms with van der Waals surface area (Å²) < 4.78 is 19.7. The molecule has 2 aliphatic carbocycles. The highest BCUT2D eigenvalue weighted by atomic mass is 19.1. The van der Waals surface area contributed by atoms with Gasteiger partial charge in [0.2, 0.25) is 0 Å². The second kappa shape index (κ2) is 7.98. The average Bonchev–Trinajstić information content (AvgIpc) is 3.05. The van der Waals surface area contributed by atoms with Crippen molar-refractivity contribution >= 4 is 12.0 Å². The van der Waals surface area contributed by atoms with Crippen LogP contribution in [-0.2, 0) is 9.53 Å². The molecule has 1 saturated heterocycles. The molecule has 6 unspecified atom stereocenters. The second-order valence-electron chi connectivity index (χ2n) is 9.16. The monoisotopic (exact) mass is 405 g/mol. The Morgan fingerprint density at radius 3 is 2.77 bits per heavy atom. The van der Waals surface area contributed by atoms with Gasteiger partial charge < -0.3 is 4.74 Å². The minimum Gasteiger partial charge on any atom is -0.462 e. The molecule has 4 heteroatoms. The van der Waals surface area contributed by atoms with E-state index in [9.17, 15) is 9.18 Å². The highest BCUT2D eigenvalue weighted by molar-refractivity contribution is 5.75. The number of cyclic esters (lactones) is 1. The molecule has 2 aromatic rings. The molecule has 1 aliphatic heterocycles. The van der Waals surface area contributed by atoms with Crippen molar-refractivity contribution < 1.29 is 13.9 Å². The predicted octanol–water partition coefficient (Wildman–Crippen LogP) is 5.90. The van der Waals surface area contributed by atoms with E-state index in [2.05, 4.69) is 17.1 Å². The van der Waals surface area contributed by atoms with E-state index in [0.717, 1.165) is 17.7 Å². The molecular formula is C26H28FNO2. The largest absolute Gasteiger partial charge is 0.462 e. The van der Waals surface area contributed by atoms with E-state index in [1.165, 1.54) is 31.7 Å². The van der Waals surface area contributed by atoms with Crippen LogP contribution < -0.4 is 0 Å². The van der Waals surface area contributed by atoms with E-state index in [1.54, 1.807) is 18.3 Å². The van der Waals surface area contributed by atoms with Crippen LogP contribution in [0.4, 0.5) is 4.39 Å². The molecule has 1 aromatic heterocycles. The lowest BCUT2D eigenvalue weighted by Crippen LogP contribution is -2.42. The third kappa shape index (κ3) is 3.46. The Hall–Kier alpha value is -2.49. The quantitative estimate of drug-likeness (QED) is 0.597. The highest BCUT2D eigenvalue weighted by Crippen LogP contribution is 2.53. The van der Waals surface area contributed by atoms with Crippen molar-refractivity contribution in [3.63, 3.8) is 0 Å². The Labute approximate surface area is 177 Å². The third-order valence-electron chi connectivity index (χ3n) is 7.54. The minimum absolute atomic E-state index is 0.00212. The first-order valence-corrected chi connectivity index (χ1v) is 11.2. The zero-order chi connectivity index (χ0) is 20.7. The molecule has 2 saturated carbocycles. The number of aromatic nitrogens is 1. The summed E-state index contributed by atoms with van der Waals surface area (Å²) in [5.74, 6) is 1.69. The molecular weight excluding hydrogens is 377 g/mol. The number of rotatable bonds is 3. The summed E-state index contributed by atoms with van der Waals surface area (Å²) in [6, 6.07) is 10.6. The lowest BCUT2D eigenvalue weighted by atomic mass is 9.57. The van der Waals surface area contributed by atoms with Crippen LogP contribution in [-0.4, -0.2) is 17.1 Å². The van der Waals surface area contributed by atoms with Crippen molar-refractivity contribution in [2.24, 2.45) is 29.6 Å². The molecule has 2 heterocycles. The van der Waals surface area contributed by atoms with Crippen LogP contribution in [0.1, 0.15) is 44.7 Å². The van der Waals surface area contributed by atoms with Gasteiger partial charge in [0.05, 0.1) is 11.6 Å². The molecule has 6 atom stereocenters. The van der Waals surface area contributed by atoms with Gasteiger partial charge in [0.1, 0.15) is 11.9 Å². The second-order valence-corrected chi connectivity index (χ2v) is 9.16. The fourth-order valence-corrected chi connectivity index (χ4v) is 6.15. The topological polar surface area (TPSA) is 39.2 Å². The third-order valence-corrected chi connectivity index (χ3v) is 7.54. The van der Waals surface area contributed by atoms with Crippen LogP contribution in [0.5, 0.6) is 0 Å². The van der Waals surface area contributed by atoms with Crippen molar-refractivity contribution in [1.29, 1.82) is 0 Å². The number of halogens is 1. The lowest BCUT2D eigenvalue weighted by Gasteiger charge is -2.45. The number of esters is 1. The van der Waals surface area contributed by atoms with Crippen LogP contribution in [0.25, 0.3) is 17.2 Å². The van der Waals surface area contributed by atoms with E-state index in [-0.39, 0.29) is 29.7 Å². The number of nitrogens with zero attached hydrogens (tertiary/aromatic N) is 1. The van der Waals surface area contributed by atoms with Gasteiger partial charge in [-0.1, -0.05) is 49.6 Å². The maximum absolute atomic E-state index is 14.0. The van der Waals surface area contributed by atoms with E-state index in [1.807, 2.05) is 25.1 Å². The number of hydrogen-bond donors (Lipinski definition) is 0. The minimum atomic E-state index is -0.237. The Bertz CT molecular complexity index is 954. The van der Waals surface area contributed by atoms with E-state index < -0.39 is 0 Å². The van der Waals surface area contributed by atoms with Gasteiger partial charge >= 0.3 is 5.97 Å². The molecule has 3 fully saturated rings. The maximum atomic E-state index is 14.0. The molecule has 0 bridgehead atoms. The molecule has 156 valence electrons. The summed E-state index contributed by atoms with van der Waals surface area (Å²) in [6.07, 6.45) is 12.1. The van der Waals surface area contributed by atoms with Gasteiger partial charge in [-0.2, -0.15) is 0 Å². The number of carbonyl (C=O) groups excluding carboxylic acids is 1. The number of ether oxygens (including phenoxy) is 1. The van der Waals surface area contributed by atoms with E-state index in [0.29, 0.717) is 23.3 Å². The van der Waals surface area contributed by atoms with Crippen LogP contribution in [0.3, 0.4) is 0 Å². The van der Waals surface area contributed by atoms with Gasteiger partial charge in [-0.3, -0.25) is 9.78 Å². The van der Waals surface area contributed by atoms with Gasteiger partial charge in [0.25, 0.3) is 0 Å². The number of fused-ring (bicyclic) bond motifs is 2. The number of hydrogen-bond acceptors (Lipinski definition) is 3. The first-order valence-electron chi connectivity index (χ1n) is 11.2. The summed E-state index contributed by atoms with van der Waals surface area (Å²) in [5, 5.41) is 0. The fourth-order valence-electron chi connectivity index (χ4n) is 6.15. The van der Waals surface area contributed by atoms with E-state index >= 15 is 0 Å². The summed E-state index contributed by atoms with van der Waals surface area (Å²) in [4.78, 5) is 17.0. The molecule has 0 N–H and O–H groups in total. The smallest absolute Gasteiger partial charge is 0.309 e. The van der Waals surface area contributed by atoms with Crippen LogP contribution in [0.2, 0.25) is 0 Å². The zero-order valence-corrected chi connectivity index (χ0v) is 17.3. The summed E-state index contributed by atoms with van der Waals surface area (Å²) >= 11 is 0. The summed E-state index contributed by atoms with van der Waals surface area (Å²) in [6.45, 7) is 2.05.